The Morgan fingerprint density at radius 1 is 1.00 bits per heavy atom. The predicted octanol–water partition coefficient (Wildman–Crippen LogP) is 5.54. The lowest BCUT2D eigenvalue weighted by atomic mass is 9.67. The van der Waals surface area contributed by atoms with Crippen molar-refractivity contribution in [3.8, 4) is 5.75 Å². The fourth-order valence-corrected chi connectivity index (χ4v) is 9.90. The summed E-state index contributed by atoms with van der Waals surface area (Å²) in [6, 6.07) is 7.22. The number of carbonyl (C=O) groups excluding carboxylic acids is 1. The van der Waals surface area contributed by atoms with Crippen LogP contribution >= 0.6 is 23.4 Å². The van der Waals surface area contributed by atoms with Crippen molar-refractivity contribution in [1.29, 1.82) is 0 Å². The molecule has 7 rings (SSSR count). The third kappa shape index (κ3) is 5.23. The van der Waals surface area contributed by atoms with E-state index in [2.05, 4.69) is 27.7 Å². The average molecular weight is 518 g/mol. The zero-order valence-corrected chi connectivity index (χ0v) is 22.2. The number of ether oxygens (including phenoxy) is 1. The third-order valence-electron chi connectivity index (χ3n) is 9.70. The van der Waals surface area contributed by atoms with E-state index in [1.54, 1.807) is 12.1 Å². The van der Waals surface area contributed by atoms with Crippen LogP contribution in [0.3, 0.4) is 0 Å². The molecule has 0 radical (unpaired) electrons. The van der Waals surface area contributed by atoms with Crippen LogP contribution in [0.1, 0.15) is 70.6 Å². The largest absolute Gasteiger partial charge is 0.484 e. The summed E-state index contributed by atoms with van der Waals surface area (Å²) in [6.07, 6.45) is 14.6. The van der Waals surface area contributed by atoms with Gasteiger partial charge >= 0.3 is 0 Å². The molecule has 4 heterocycles. The van der Waals surface area contributed by atoms with Crippen molar-refractivity contribution in [2.24, 2.45) is 29.6 Å². The first kappa shape index (κ1) is 24.4. The highest BCUT2D eigenvalue weighted by Crippen LogP contribution is 2.52. The van der Waals surface area contributed by atoms with Crippen molar-refractivity contribution in [3.63, 3.8) is 0 Å². The quantitative estimate of drug-likeness (QED) is 0.489. The zero-order valence-electron chi connectivity index (χ0n) is 20.6. The highest BCUT2D eigenvalue weighted by atomic mass is 35.5. The van der Waals surface area contributed by atoms with E-state index < -0.39 is 0 Å². The highest BCUT2D eigenvalue weighted by molar-refractivity contribution is 8.00. The van der Waals surface area contributed by atoms with Gasteiger partial charge in [-0.3, -0.25) is 15.4 Å². The van der Waals surface area contributed by atoms with E-state index in [1.807, 2.05) is 12.1 Å². The van der Waals surface area contributed by atoms with Gasteiger partial charge in [0.25, 0.3) is 5.91 Å². The smallest absolute Gasteiger partial charge is 0.259 e. The van der Waals surface area contributed by atoms with E-state index in [9.17, 15) is 4.79 Å². The first-order valence-electron chi connectivity index (χ1n) is 13.9. The van der Waals surface area contributed by atoms with Gasteiger partial charge in [0.2, 0.25) is 0 Å². The molecule has 0 aromatic heterocycles. The number of thioether (sulfide) groups is 1. The van der Waals surface area contributed by atoms with Crippen LogP contribution in [0.2, 0.25) is 5.02 Å². The first-order chi connectivity index (χ1) is 17.1. The van der Waals surface area contributed by atoms with Crippen LogP contribution in [0.25, 0.3) is 0 Å². The van der Waals surface area contributed by atoms with Crippen molar-refractivity contribution in [2.75, 3.05) is 12.4 Å². The van der Waals surface area contributed by atoms with Gasteiger partial charge < -0.3 is 10.1 Å². The van der Waals surface area contributed by atoms with Crippen LogP contribution in [-0.4, -0.2) is 35.5 Å². The second-order valence-electron chi connectivity index (χ2n) is 11.7. The summed E-state index contributed by atoms with van der Waals surface area (Å²) < 4.78 is 5.79. The summed E-state index contributed by atoms with van der Waals surface area (Å²) in [4.78, 5) is 13.1. The number of halogens is 1. The van der Waals surface area contributed by atoms with Crippen LogP contribution in [0.5, 0.6) is 5.75 Å². The van der Waals surface area contributed by atoms with Crippen molar-refractivity contribution in [2.45, 2.75) is 87.8 Å². The monoisotopic (exact) mass is 517 g/mol. The van der Waals surface area contributed by atoms with Gasteiger partial charge in [-0.15, -0.1) is 11.8 Å². The van der Waals surface area contributed by atoms with E-state index in [1.165, 1.54) is 70.0 Å². The Bertz CT molecular complexity index is 901. The van der Waals surface area contributed by atoms with Crippen LogP contribution in [0.15, 0.2) is 24.3 Å². The highest BCUT2D eigenvalue weighted by Gasteiger charge is 2.54. The second kappa shape index (κ2) is 10.4. The van der Waals surface area contributed by atoms with Crippen molar-refractivity contribution >= 4 is 29.3 Å². The summed E-state index contributed by atoms with van der Waals surface area (Å²) in [5.41, 5.74) is -0.0704. The fourth-order valence-electron chi connectivity index (χ4n) is 7.96. The molecule has 1 spiro atoms. The molecule has 6 fully saturated rings. The Hall–Kier alpha value is -0.950. The number of nitrogens with one attached hydrogen (secondary N) is 3. The minimum absolute atomic E-state index is 0.000229. The summed E-state index contributed by atoms with van der Waals surface area (Å²) in [7, 11) is 0. The molecule has 2 aliphatic carbocycles. The number of carbonyl (C=O) groups is 1. The number of hydrogen-bond donors (Lipinski definition) is 3. The minimum Gasteiger partial charge on any atom is -0.484 e. The molecule has 1 aromatic rings. The lowest BCUT2D eigenvalue weighted by molar-refractivity contribution is -0.125. The predicted molar refractivity (Wildman–Crippen MR) is 142 cm³/mol. The van der Waals surface area contributed by atoms with Crippen LogP contribution < -0.4 is 20.7 Å². The molecule has 5 nitrogen and oxygen atoms in total. The lowest BCUT2D eigenvalue weighted by Gasteiger charge is -2.51. The van der Waals surface area contributed by atoms with Gasteiger partial charge in [0.05, 0.1) is 17.2 Å². The molecule has 35 heavy (non-hydrogen) atoms. The Labute approximate surface area is 219 Å². The number of amides is 1. The van der Waals surface area contributed by atoms with E-state index in [-0.39, 0.29) is 24.3 Å². The normalized spacial score (nSPS) is 40.8. The van der Waals surface area contributed by atoms with E-state index in [0.29, 0.717) is 28.0 Å². The van der Waals surface area contributed by atoms with Gasteiger partial charge in [0, 0.05) is 10.9 Å². The molecule has 7 heteroatoms. The molecule has 3 N–H and O–H groups in total. The maximum atomic E-state index is 13.1. The summed E-state index contributed by atoms with van der Waals surface area (Å²) in [5.74, 6) is 5.52. The molecule has 8 atom stereocenters. The minimum atomic E-state index is -0.0704. The maximum absolute atomic E-state index is 13.1. The van der Waals surface area contributed by atoms with Crippen LogP contribution in [0.4, 0.5) is 0 Å². The number of benzene rings is 1. The fraction of sp³-hybridized carbons (Fsp3) is 0.750. The van der Waals surface area contributed by atoms with Gasteiger partial charge in [-0.05, 0) is 79.4 Å². The number of rotatable bonds is 4. The van der Waals surface area contributed by atoms with Gasteiger partial charge in [0.1, 0.15) is 5.75 Å². The van der Waals surface area contributed by atoms with Gasteiger partial charge in [-0.25, -0.2) is 0 Å². The van der Waals surface area contributed by atoms with E-state index in [0.717, 1.165) is 24.2 Å². The zero-order chi connectivity index (χ0) is 23.8. The third-order valence-corrected chi connectivity index (χ3v) is 11.3. The van der Waals surface area contributed by atoms with Gasteiger partial charge in [-0.1, -0.05) is 56.5 Å². The molecule has 192 valence electrons. The Morgan fingerprint density at radius 2 is 1.83 bits per heavy atom. The van der Waals surface area contributed by atoms with Gasteiger partial charge in [-0.2, -0.15) is 0 Å². The lowest BCUT2D eigenvalue weighted by Crippen LogP contribution is -2.74. The molecule has 4 aliphatic heterocycles. The van der Waals surface area contributed by atoms with Crippen molar-refractivity contribution < 1.29 is 9.53 Å². The Morgan fingerprint density at radius 3 is 2.71 bits per heavy atom. The Balaban J connectivity index is 1.24. The first-order valence-corrected chi connectivity index (χ1v) is 15.4. The molecule has 4 saturated heterocycles. The van der Waals surface area contributed by atoms with E-state index >= 15 is 0 Å². The molecule has 8 unspecified atom stereocenters. The molecule has 1 aromatic carbocycles. The summed E-state index contributed by atoms with van der Waals surface area (Å²) in [5, 5.41) is 12.7. The van der Waals surface area contributed by atoms with Crippen molar-refractivity contribution in [3.05, 3.63) is 29.3 Å². The average Bonchev–Trinajstić information content (AvgIpc) is 3.31. The van der Waals surface area contributed by atoms with Gasteiger partial charge in [0.15, 0.2) is 6.61 Å². The SMILES string of the molecule is O=C(COc1ccc(Cl)cc1)NC1NC23CCCCCC(CC2)C2CCCC(C2)C2CSC(N3)C12. The van der Waals surface area contributed by atoms with Crippen LogP contribution in [-0.2, 0) is 4.79 Å². The standard InChI is InChI=1S/C28H40ClN3O2S/c29-21-8-10-22(11-9-21)34-16-24(33)30-26-25-23-17-35-27(25)32-28(31-26)13-3-1-2-5-18(12-14-28)19-6-4-7-20(23)15-19/h8-11,18-20,23,25-27,31-32H,1-7,12-17H2,(H,30,33). The second-order valence-corrected chi connectivity index (χ2v) is 13.3. The molecule has 7 bridgehead atoms. The number of hydrogen-bond acceptors (Lipinski definition) is 5. The summed E-state index contributed by atoms with van der Waals surface area (Å²) in [6.45, 7) is 0.0308. The topological polar surface area (TPSA) is 62.4 Å². The van der Waals surface area contributed by atoms with Crippen molar-refractivity contribution in [1.82, 2.24) is 16.0 Å². The van der Waals surface area contributed by atoms with E-state index in [4.69, 9.17) is 16.3 Å². The number of fused-ring (bicyclic) bond motifs is 1. The summed E-state index contributed by atoms with van der Waals surface area (Å²) >= 11 is 8.10. The molecular weight excluding hydrogens is 478 g/mol. The molecule has 1 amide bonds. The van der Waals surface area contributed by atoms with Crippen LogP contribution in [0, 0.1) is 29.6 Å². The maximum Gasteiger partial charge on any atom is 0.259 e. The molecule has 6 aliphatic rings. The molecular formula is C28H40ClN3O2S. The molecule has 2 saturated carbocycles. The Kier molecular flexibility index (Phi) is 7.27.